The summed E-state index contributed by atoms with van der Waals surface area (Å²) in [4.78, 5) is 12.4. The lowest BCUT2D eigenvalue weighted by Crippen LogP contribution is -2.08. The number of ether oxygens (including phenoxy) is 1. The molecule has 2 aromatic carbocycles. The summed E-state index contributed by atoms with van der Waals surface area (Å²) >= 11 is 0. The number of rotatable bonds is 7. The maximum atomic E-state index is 12.4. The van der Waals surface area contributed by atoms with Gasteiger partial charge in [0, 0.05) is 23.2 Å². The fourth-order valence-corrected chi connectivity index (χ4v) is 3.01. The number of carbonyl (C=O) groups excluding carboxylic acids is 1. The van der Waals surface area contributed by atoms with Gasteiger partial charge >= 0.3 is 0 Å². The van der Waals surface area contributed by atoms with Crippen LogP contribution in [0.5, 0.6) is 5.75 Å². The first kappa shape index (κ1) is 20.1. The molecule has 29 heavy (non-hydrogen) atoms. The number of allylic oxidation sites excluding steroid dienone is 1. The predicted molar refractivity (Wildman–Crippen MR) is 113 cm³/mol. The molecule has 0 bridgehead atoms. The number of benzene rings is 2. The molecule has 3 aromatic rings. The molecule has 0 aliphatic rings. The average molecular weight is 385 g/mol. The van der Waals surface area contributed by atoms with Crippen LogP contribution in [0.1, 0.15) is 25.0 Å². The summed E-state index contributed by atoms with van der Waals surface area (Å²) in [6.07, 6.45) is 3.50. The van der Waals surface area contributed by atoms with E-state index < -0.39 is 0 Å². The van der Waals surface area contributed by atoms with Crippen molar-refractivity contribution in [3.63, 3.8) is 0 Å². The lowest BCUT2D eigenvalue weighted by Gasteiger charge is -2.04. The molecule has 5 nitrogen and oxygen atoms in total. The van der Waals surface area contributed by atoms with Crippen LogP contribution in [0.3, 0.4) is 0 Å². The molecule has 0 fully saturated rings. The van der Waals surface area contributed by atoms with Crippen molar-refractivity contribution < 1.29 is 9.53 Å². The van der Waals surface area contributed by atoms with Crippen LogP contribution in [0.2, 0.25) is 0 Å². The van der Waals surface area contributed by atoms with E-state index in [2.05, 4.69) is 0 Å². The highest BCUT2D eigenvalue weighted by Gasteiger charge is 2.17. The van der Waals surface area contributed by atoms with Crippen LogP contribution in [0.15, 0.2) is 66.4 Å². The third-order valence-corrected chi connectivity index (χ3v) is 4.53. The van der Waals surface area contributed by atoms with Gasteiger partial charge in [-0.05, 0) is 23.8 Å². The van der Waals surface area contributed by atoms with Gasteiger partial charge in [-0.25, -0.2) is 0 Å². The van der Waals surface area contributed by atoms with E-state index in [1.807, 2.05) is 71.5 Å². The number of nitriles is 1. The highest BCUT2D eigenvalue weighted by atomic mass is 16.5. The summed E-state index contributed by atoms with van der Waals surface area (Å²) in [5, 5.41) is 14.2. The minimum Gasteiger partial charge on any atom is -0.497 e. The molecular weight excluding hydrogens is 362 g/mol. The maximum Gasteiger partial charge on any atom is 0.175 e. The molecule has 0 unspecified atom stereocenters. The van der Waals surface area contributed by atoms with Crippen molar-refractivity contribution in [1.82, 2.24) is 9.78 Å². The minimum atomic E-state index is -0.250. The van der Waals surface area contributed by atoms with Gasteiger partial charge in [0.1, 0.15) is 11.8 Å². The standard InChI is InChI=1S/C24H23N3O2/c1-17(2)24(28)20(14-25)12-21-16-27(15-18-8-5-4-6-9-18)26-23(21)19-10-7-11-22(13-19)29-3/h4-13,16-17H,15H2,1-3H3/b20-12-. The van der Waals surface area contributed by atoms with Crippen molar-refractivity contribution in [3.05, 3.63) is 77.5 Å². The molecule has 0 spiro atoms. The van der Waals surface area contributed by atoms with Crippen LogP contribution in [-0.2, 0) is 11.3 Å². The molecule has 0 N–H and O–H groups in total. The molecule has 0 amide bonds. The van der Waals surface area contributed by atoms with Crippen LogP contribution >= 0.6 is 0 Å². The summed E-state index contributed by atoms with van der Waals surface area (Å²) in [6, 6.07) is 19.6. The van der Waals surface area contributed by atoms with Gasteiger partial charge in [-0.1, -0.05) is 56.3 Å². The third-order valence-electron chi connectivity index (χ3n) is 4.53. The summed E-state index contributed by atoms with van der Waals surface area (Å²) in [6.45, 7) is 4.16. The van der Waals surface area contributed by atoms with Gasteiger partial charge < -0.3 is 4.74 Å². The Bertz CT molecular complexity index is 1070. The number of hydrogen-bond acceptors (Lipinski definition) is 4. The van der Waals surface area contributed by atoms with Crippen molar-refractivity contribution in [3.8, 4) is 23.1 Å². The Morgan fingerprint density at radius 2 is 1.97 bits per heavy atom. The molecule has 146 valence electrons. The van der Waals surface area contributed by atoms with E-state index in [0.717, 1.165) is 16.7 Å². The largest absolute Gasteiger partial charge is 0.497 e. The number of ketones is 1. The van der Waals surface area contributed by atoms with Crippen LogP contribution in [-0.4, -0.2) is 22.7 Å². The second kappa shape index (κ2) is 9.03. The zero-order chi connectivity index (χ0) is 20.8. The smallest absolute Gasteiger partial charge is 0.175 e. The number of Topliss-reactive ketones (excluding diaryl/α,β-unsaturated/α-hetero) is 1. The van der Waals surface area contributed by atoms with Crippen molar-refractivity contribution >= 4 is 11.9 Å². The third kappa shape index (κ3) is 4.80. The normalized spacial score (nSPS) is 11.3. The summed E-state index contributed by atoms with van der Waals surface area (Å²) in [5.74, 6) is 0.286. The Balaban J connectivity index is 2.09. The van der Waals surface area contributed by atoms with E-state index in [9.17, 15) is 10.1 Å². The highest BCUT2D eigenvalue weighted by Crippen LogP contribution is 2.28. The van der Waals surface area contributed by atoms with Crippen molar-refractivity contribution in [1.29, 1.82) is 5.26 Å². The summed E-state index contributed by atoms with van der Waals surface area (Å²) in [7, 11) is 1.61. The number of hydrogen-bond donors (Lipinski definition) is 0. The van der Waals surface area contributed by atoms with Crippen LogP contribution < -0.4 is 4.74 Å². The first-order chi connectivity index (χ1) is 14.0. The monoisotopic (exact) mass is 385 g/mol. The van der Waals surface area contributed by atoms with Crippen LogP contribution in [0.25, 0.3) is 17.3 Å². The molecule has 0 saturated heterocycles. The SMILES string of the molecule is COc1cccc(-c2nn(Cc3ccccc3)cc2/C=C(/C#N)C(=O)C(C)C)c1. The molecule has 5 heteroatoms. The van der Waals surface area contributed by atoms with Crippen LogP contribution in [0.4, 0.5) is 0 Å². The molecule has 0 radical (unpaired) electrons. The number of carbonyl (C=O) groups is 1. The van der Waals surface area contributed by atoms with Crippen molar-refractivity contribution in [2.24, 2.45) is 5.92 Å². The fourth-order valence-electron chi connectivity index (χ4n) is 3.01. The van der Waals surface area contributed by atoms with E-state index in [1.54, 1.807) is 27.0 Å². The van der Waals surface area contributed by atoms with E-state index in [0.29, 0.717) is 18.0 Å². The first-order valence-corrected chi connectivity index (χ1v) is 9.43. The first-order valence-electron chi connectivity index (χ1n) is 9.43. The van der Waals surface area contributed by atoms with Gasteiger partial charge in [-0.3, -0.25) is 9.48 Å². The van der Waals surface area contributed by atoms with Gasteiger partial charge in [-0.2, -0.15) is 10.4 Å². The van der Waals surface area contributed by atoms with Crippen LogP contribution in [0, 0.1) is 17.2 Å². The Morgan fingerprint density at radius 3 is 2.62 bits per heavy atom. The molecule has 3 rings (SSSR count). The highest BCUT2D eigenvalue weighted by molar-refractivity contribution is 6.04. The average Bonchev–Trinajstić information content (AvgIpc) is 3.14. The second-order valence-corrected chi connectivity index (χ2v) is 7.04. The fraction of sp³-hybridized carbons (Fsp3) is 0.208. The molecule has 0 atom stereocenters. The van der Waals surface area contributed by atoms with Gasteiger partial charge in [0.05, 0.1) is 24.9 Å². The second-order valence-electron chi connectivity index (χ2n) is 7.04. The molecule has 0 saturated carbocycles. The molecule has 1 aromatic heterocycles. The molecule has 0 aliphatic carbocycles. The van der Waals surface area contributed by atoms with E-state index in [4.69, 9.17) is 9.84 Å². The van der Waals surface area contributed by atoms with E-state index in [1.165, 1.54) is 0 Å². The van der Waals surface area contributed by atoms with Gasteiger partial charge in [-0.15, -0.1) is 0 Å². The lowest BCUT2D eigenvalue weighted by molar-refractivity contribution is -0.117. The summed E-state index contributed by atoms with van der Waals surface area (Å²) < 4.78 is 7.16. The van der Waals surface area contributed by atoms with Crippen molar-refractivity contribution in [2.45, 2.75) is 20.4 Å². The Morgan fingerprint density at radius 1 is 1.21 bits per heavy atom. The zero-order valence-corrected chi connectivity index (χ0v) is 16.8. The minimum absolute atomic E-state index is 0.128. The molecular formula is C24H23N3O2. The Labute approximate surface area is 170 Å². The summed E-state index contributed by atoms with van der Waals surface area (Å²) in [5.41, 5.74) is 3.52. The topological polar surface area (TPSA) is 67.9 Å². The molecule has 1 heterocycles. The van der Waals surface area contributed by atoms with Gasteiger partial charge in [0.15, 0.2) is 5.78 Å². The van der Waals surface area contributed by atoms with Gasteiger partial charge in [0.25, 0.3) is 0 Å². The molecule has 0 aliphatic heterocycles. The number of methoxy groups -OCH3 is 1. The lowest BCUT2D eigenvalue weighted by atomic mass is 9.99. The maximum absolute atomic E-state index is 12.4. The Hall–Kier alpha value is -3.65. The Kier molecular flexibility index (Phi) is 6.25. The zero-order valence-electron chi connectivity index (χ0n) is 16.8. The quantitative estimate of drug-likeness (QED) is 0.435. The number of aromatic nitrogens is 2. The number of nitrogens with zero attached hydrogens (tertiary/aromatic N) is 3. The van der Waals surface area contributed by atoms with E-state index >= 15 is 0 Å². The van der Waals surface area contributed by atoms with Crippen molar-refractivity contribution in [2.75, 3.05) is 7.11 Å². The predicted octanol–water partition coefficient (Wildman–Crippen LogP) is 4.74. The van der Waals surface area contributed by atoms with Gasteiger partial charge in [0.2, 0.25) is 0 Å². The van der Waals surface area contributed by atoms with E-state index in [-0.39, 0.29) is 17.3 Å².